The Morgan fingerprint density at radius 1 is 1.44 bits per heavy atom. The highest BCUT2D eigenvalue weighted by molar-refractivity contribution is 5.66. The second kappa shape index (κ2) is 4.88. The van der Waals surface area contributed by atoms with E-state index in [0.717, 1.165) is 11.1 Å². The molecule has 1 N–H and O–H groups in total. The summed E-state index contributed by atoms with van der Waals surface area (Å²) in [4.78, 5) is 16.0. The lowest BCUT2D eigenvalue weighted by atomic mass is 10.0. The number of pyridine rings is 1. The minimum atomic E-state index is -1.18. The fourth-order valence-electron chi connectivity index (χ4n) is 1.89. The first kappa shape index (κ1) is 14.3. The molecule has 0 unspecified atom stereocenters. The highest BCUT2D eigenvalue weighted by atomic mass is 19.1. The third-order valence-electron chi connectivity index (χ3n) is 2.55. The molecule has 0 saturated carbocycles. The minimum absolute atomic E-state index is 0.0891. The van der Waals surface area contributed by atoms with Crippen LogP contribution in [0.1, 0.15) is 39.4 Å². The zero-order chi connectivity index (χ0) is 14.1. The molecule has 4 nitrogen and oxygen atoms in total. The van der Waals surface area contributed by atoms with E-state index >= 15 is 0 Å². The highest BCUT2D eigenvalue weighted by Gasteiger charge is 2.33. The van der Waals surface area contributed by atoms with E-state index in [0.29, 0.717) is 6.07 Å². The van der Waals surface area contributed by atoms with Gasteiger partial charge in [-0.15, -0.1) is 0 Å². The van der Waals surface area contributed by atoms with Crippen molar-refractivity contribution in [3.63, 3.8) is 0 Å². The molecule has 1 atom stereocenters. The van der Waals surface area contributed by atoms with E-state index in [1.165, 1.54) is 6.92 Å². The number of carbonyl (C=O) groups is 1. The monoisotopic (exact) mass is 258 g/mol. The maximum atomic E-state index is 13.6. The summed E-state index contributed by atoms with van der Waals surface area (Å²) in [6.07, 6.45) is -0.307. The molecular formula is C12H16F2N2O2. The zero-order valence-corrected chi connectivity index (χ0v) is 10.7. The second-order valence-electron chi connectivity index (χ2n) is 5.02. The molecule has 18 heavy (non-hydrogen) atoms. The van der Waals surface area contributed by atoms with Crippen molar-refractivity contribution in [2.45, 2.75) is 39.3 Å². The fraction of sp³-hybridized carbons (Fsp3) is 0.500. The molecule has 6 heteroatoms. The Labute approximate surface area is 104 Å². The Hall–Kier alpha value is -1.72. The summed E-state index contributed by atoms with van der Waals surface area (Å²) < 4.78 is 26.4. The van der Waals surface area contributed by atoms with E-state index in [9.17, 15) is 18.7 Å². The van der Waals surface area contributed by atoms with Gasteiger partial charge in [-0.05, 0) is 27.7 Å². The quantitative estimate of drug-likeness (QED) is 0.886. The van der Waals surface area contributed by atoms with E-state index in [-0.39, 0.29) is 5.69 Å². The molecular weight excluding hydrogens is 242 g/mol. The van der Waals surface area contributed by atoms with Gasteiger partial charge >= 0.3 is 6.09 Å². The molecule has 1 rings (SSSR count). The van der Waals surface area contributed by atoms with Gasteiger partial charge in [0.05, 0.1) is 17.9 Å². The number of halogens is 2. The molecule has 100 valence electrons. The van der Waals surface area contributed by atoms with Gasteiger partial charge in [0.2, 0.25) is 0 Å². The molecule has 0 aromatic carbocycles. The molecule has 0 radical (unpaired) electrons. The van der Waals surface area contributed by atoms with Crippen molar-refractivity contribution in [3.8, 4) is 0 Å². The normalized spacial score (nSPS) is 13.2. The van der Waals surface area contributed by atoms with Crippen molar-refractivity contribution in [1.29, 1.82) is 0 Å². The van der Waals surface area contributed by atoms with Gasteiger partial charge in [0.25, 0.3) is 0 Å². The first-order valence-corrected chi connectivity index (χ1v) is 5.47. The maximum Gasteiger partial charge on any atom is 0.408 e. The van der Waals surface area contributed by atoms with Gasteiger partial charge in [0.15, 0.2) is 0 Å². The lowest BCUT2D eigenvalue weighted by molar-refractivity contribution is 0.0729. The lowest BCUT2D eigenvalue weighted by Crippen LogP contribution is -2.46. The van der Waals surface area contributed by atoms with Gasteiger partial charge in [-0.25, -0.2) is 13.6 Å². The summed E-state index contributed by atoms with van der Waals surface area (Å²) in [5.74, 6) is -1.64. The van der Waals surface area contributed by atoms with Crippen LogP contribution < -0.4 is 0 Å². The number of amides is 1. The Morgan fingerprint density at radius 2 is 2.00 bits per heavy atom. The van der Waals surface area contributed by atoms with Gasteiger partial charge in [0, 0.05) is 11.6 Å². The van der Waals surface area contributed by atoms with E-state index in [4.69, 9.17) is 0 Å². The van der Waals surface area contributed by atoms with Gasteiger partial charge in [0.1, 0.15) is 11.6 Å². The van der Waals surface area contributed by atoms with Crippen LogP contribution in [0.15, 0.2) is 12.3 Å². The smallest absolute Gasteiger partial charge is 0.408 e. The molecule has 1 amide bonds. The first-order chi connectivity index (χ1) is 8.14. The minimum Gasteiger partial charge on any atom is -0.465 e. The molecule has 1 aromatic rings. The van der Waals surface area contributed by atoms with Crippen LogP contribution in [0.4, 0.5) is 13.6 Å². The average molecular weight is 258 g/mol. The van der Waals surface area contributed by atoms with Crippen LogP contribution in [0.3, 0.4) is 0 Å². The SMILES string of the molecule is C[C@@H](c1ncc(F)cc1F)N(C(=O)O)C(C)(C)C. The summed E-state index contributed by atoms with van der Waals surface area (Å²) in [7, 11) is 0. The molecule has 0 aliphatic rings. The molecule has 0 bridgehead atoms. The van der Waals surface area contributed by atoms with Crippen molar-refractivity contribution in [1.82, 2.24) is 9.88 Å². The molecule has 0 aliphatic heterocycles. The first-order valence-electron chi connectivity index (χ1n) is 5.47. The molecule has 0 saturated heterocycles. The van der Waals surface area contributed by atoms with Crippen LogP contribution in [0.5, 0.6) is 0 Å². The van der Waals surface area contributed by atoms with Crippen molar-refractivity contribution < 1.29 is 18.7 Å². The number of carboxylic acid groups (broad SMARTS) is 1. The standard InChI is InChI=1S/C12H16F2N2O2/c1-7(16(11(17)18)12(2,3)4)10-9(14)5-8(13)6-15-10/h5-7H,1-4H3,(H,17,18)/t7-/m0/s1. The van der Waals surface area contributed by atoms with Crippen LogP contribution in [0.25, 0.3) is 0 Å². The van der Waals surface area contributed by atoms with Crippen molar-refractivity contribution in [3.05, 3.63) is 29.6 Å². The van der Waals surface area contributed by atoms with E-state index in [1.54, 1.807) is 20.8 Å². The van der Waals surface area contributed by atoms with Crippen LogP contribution in [0, 0.1) is 11.6 Å². The average Bonchev–Trinajstić information content (AvgIpc) is 2.13. The Bertz CT molecular complexity index is 458. The zero-order valence-electron chi connectivity index (χ0n) is 10.7. The van der Waals surface area contributed by atoms with Crippen LogP contribution in [-0.2, 0) is 0 Å². The topological polar surface area (TPSA) is 53.4 Å². The predicted molar refractivity (Wildman–Crippen MR) is 62.2 cm³/mol. The van der Waals surface area contributed by atoms with E-state index < -0.39 is 29.3 Å². The Morgan fingerprint density at radius 3 is 2.39 bits per heavy atom. The fourth-order valence-corrected chi connectivity index (χ4v) is 1.89. The summed E-state index contributed by atoms with van der Waals surface area (Å²) in [6.45, 7) is 6.60. The summed E-state index contributed by atoms with van der Waals surface area (Å²) in [5.41, 5.74) is -0.804. The van der Waals surface area contributed by atoms with Gasteiger partial charge in [-0.3, -0.25) is 9.88 Å². The van der Waals surface area contributed by atoms with E-state index in [2.05, 4.69) is 4.98 Å². The van der Waals surface area contributed by atoms with Gasteiger partial charge < -0.3 is 5.11 Å². The molecule has 1 aromatic heterocycles. The number of rotatable bonds is 2. The number of hydrogen-bond donors (Lipinski definition) is 1. The molecule has 1 heterocycles. The molecule has 0 spiro atoms. The number of aromatic nitrogens is 1. The summed E-state index contributed by atoms with van der Waals surface area (Å²) in [5, 5.41) is 9.19. The van der Waals surface area contributed by atoms with Gasteiger partial charge in [-0.2, -0.15) is 0 Å². The Balaban J connectivity index is 3.18. The van der Waals surface area contributed by atoms with Crippen molar-refractivity contribution in [2.24, 2.45) is 0 Å². The van der Waals surface area contributed by atoms with Crippen LogP contribution >= 0.6 is 0 Å². The van der Waals surface area contributed by atoms with Gasteiger partial charge in [-0.1, -0.05) is 0 Å². The highest BCUT2D eigenvalue weighted by Crippen LogP contribution is 2.28. The lowest BCUT2D eigenvalue weighted by Gasteiger charge is -2.37. The van der Waals surface area contributed by atoms with Crippen molar-refractivity contribution >= 4 is 6.09 Å². The number of hydrogen-bond acceptors (Lipinski definition) is 2. The number of nitrogens with zero attached hydrogens (tertiary/aromatic N) is 2. The second-order valence-corrected chi connectivity index (χ2v) is 5.02. The molecule has 0 aliphatic carbocycles. The summed E-state index contributed by atoms with van der Waals surface area (Å²) >= 11 is 0. The molecule has 0 fully saturated rings. The Kier molecular flexibility index (Phi) is 3.88. The summed E-state index contributed by atoms with van der Waals surface area (Å²) in [6, 6.07) is -0.107. The van der Waals surface area contributed by atoms with Crippen LogP contribution in [-0.4, -0.2) is 26.6 Å². The third-order valence-corrected chi connectivity index (χ3v) is 2.55. The largest absolute Gasteiger partial charge is 0.465 e. The van der Waals surface area contributed by atoms with Crippen molar-refractivity contribution in [2.75, 3.05) is 0 Å². The predicted octanol–water partition coefficient (Wildman–Crippen LogP) is 3.20. The van der Waals surface area contributed by atoms with E-state index in [1.807, 2.05) is 0 Å². The van der Waals surface area contributed by atoms with Crippen LogP contribution in [0.2, 0.25) is 0 Å². The maximum absolute atomic E-state index is 13.6. The third kappa shape index (κ3) is 2.94.